The van der Waals surface area contributed by atoms with Crippen molar-refractivity contribution in [3.63, 3.8) is 0 Å². The lowest BCUT2D eigenvalue weighted by atomic mass is 10.1. The lowest BCUT2D eigenvalue weighted by Crippen LogP contribution is -2.56. The highest BCUT2D eigenvalue weighted by Crippen LogP contribution is 2.03. The van der Waals surface area contributed by atoms with Crippen LogP contribution >= 0.6 is 0 Å². The zero-order chi connectivity index (χ0) is 22.6. The number of hydrogen-bond donors (Lipinski definition) is 8. The van der Waals surface area contributed by atoms with Gasteiger partial charge in [0.2, 0.25) is 17.7 Å². The third-order valence-corrected chi connectivity index (χ3v) is 3.51. The summed E-state index contributed by atoms with van der Waals surface area (Å²) in [5.41, 5.74) is 5.32. The van der Waals surface area contributed by atoms with Crippen molar-refractivity contribution in [1.82, 2.24) is 16.0 Å². The number of carboxylic acids is 3. The van der Waals surface area contributed by atoms with Crippen molar-refractivity contribution < 1.29 is 49.2 Å². The molecule has 0 rings (SSSR count). The van der Waals surface area contributed by atoms with Crippen LogP contribution in [0, 0.1) is 0 Å². The average Bonchev–Trinajstić information content (AvgIpc) is 2.64. The number of aliphatic carboxylic acids is 3. The summed E-state index contributed by atoms with van der Waals surface area (Å²) in [5.74, 6) is -6.85. The topological polar surface area (TPSA) is 245 Å². The summed E-state index contributed by atoms with van der Waals surface area (Å²) in [6.45, 7) is -1.51. The second-order valence-electron chi connectivity index (χ2n) is 5.89. The lowest BCUT2D eigenvalue weighted by Gasteiger charge is -2.23. The Morgan fingerprint density at radius 1 is 0.724 bits per heavy atom. The highest BCUT2D eigenvalue weighted by Gasteiger charge is 2.28. The van der Waals surface area contributed by atoms with Crippen molar-refractivity contribution in [3.8, 4) is 0 Å². The lowest BCUT2D eigenvalue weighted by molar-refractivity contribution is -0.140. The predicted molar refractivity (Wildman–Crippen MR) is 93.3 cm³/mol. The van der Waals surface area contributed by atoms with Gasteiger partial charge < -0.3 is 42.1 Å². The molecule has 14 nitrogen and oxygen atoms in total. The summed E-state index contributed by atoms with van der Waals surface area (Å²) in [7, 11) is 0. The monoisotopic (exact) mass is 420 g/mol. The Morgan fingerprint density at radius 3 is 1.59 bits per heavy atom. The SMILES string of the molecule is NC(CO)C(=O)NC(CCC(=O)O)C(=O)NC(CCC(=O)O)C(=O)NCC(=O)O. The Morgan fingerprint density at radius 2 is 1.17 bits per heavy atom. The van der Waals surface area contributed by atoms with Gasteiger partial charge in [-0.2, -0.15) is 0 Å². The Kier molecular flexibility index (Phi) is 11.5. The highest BCUT2D eigenvalue weighted by atomic mass is 16.4. The third kappa shape index (κ3) is 11.2. The van der Waals surface area contributed by atoms with E-state index in [0.29, 0.717) is 0 Å². The maximum Gasteiger partial charge on any atom is 0.322 e. The molecule has 3 unspecified atom stereocenters. The molecule has 0 spiro atoms. The molecule has 0 aliphatic rings. The van der Waals surface area contributed by atoms with Crippen LogP contribution in [0.4, 0.5) is 0 Å². The molecule has 0 aromatic carbocycles. The first-order chi connectivity index (χ1) is 13.5. The predicted octanol–water partition coefficient (Wildman–Crippen LogP) is -3.79. The van der Waals surface area contributed by atoms with E-state index >= 15 is 0 Å². The first kappa shape index (κ1) is 25.7. The molecule has 0 heterocycles. The number of rotatable bonds is 14. The van der Waals surface area contributed by atoms with Gasteiger partial charge in [-0.3, -0.25) is 28.8 Å². The van der Waals surface area contributed by atoms with Crippen molar-refractivity contribution in [1.29, 1.82) is 0 Å². The van der Waals surface area contributed by atoms with Crippen molar-refractivity contribution in [3.05, 3.63) is 0 Å². The van der Waals surface area contributed by atoms with Crippen molar-refractivity contribution in [2.75, 3.05) is 13.2 Å². The smallest absolute Gasteiger partial charge is 0.322 e. The molecule has 0 aliphatic carbocycles. The van der Waals surface area contributed by atoms with Gasteiger partial charge in [-0.25, -0.2) is 0 Å². The van der Waals surface area contributed by atoms with Gasteiger partial charge in [-0.1, -0.05) is 0 Å². The zero-order valence-corrected chi connectivity index (χ0v) is 15.3. The maximum absolute atomic E-state index is 12.4. The molecule has 0 fully saturated rings. The van der Waals surface area contributed by atoms with E-state index in [1.807, 2.05) is 5.32 Å². The molecule has 3 amide bonds. The van der Waals surface area contributed by atoms with Crippen molar-refractivity contribution in [2.45, 2.75) is 43.8 Å². The summed E-state index contributed by atoms with van der Waals surface area (Å²) in [4.78, 5) is 68.3. The number of aliphatic hydroxyl groups is 1. The van der Waals surface area contributed by atoms with E-state index < -0.39 is 79.7 Å². The fourth-order valence-corrected chi connectivity index (χ4v) is 1.99. The minimum absolute atomic E-state index is 0.381. The molecular weight excluding hydrogens is 396 g/mol. The van der Waals surface area contributed by atoms with Gasteiger partial charge in [0.1, 0.15) is 24.7 Å². The Labute approximate surface area is 164 Å². The van der Waals surface area contributed by atoms with E-state index in [2.05, 4.69) is 10.6 Å². The number of carboxylic acid groups (broad SMARTS) is 3. The summed E-state index contributed by atoms with van der Waals surface area (Å²) in [5, 5.41) is 41.3. The molecule has 0 bridgehead atoms. The standard InChI is InChI=1S/C15H24N4O10/c16-7(6-20)13(27)18-9(2-4-11(23)24)15(29)19-8(1-3-10(21)22)14(28)17-5-12(25)26/h7-9,20H,1-6,16H2,(H,17,28)(H,18,27)(H,19,29)(H,21,22)(H,23,24)(H,25,26). The van der Waals surface area contributed by atoms with Gasteiger partial charge in [-0.05, 0) is 12.8 Å². The second kappa shape index (κ2) is 13.0. The van der Waals surface area contributed by atoms with Crippen LogP contribution in [0.25, 0.3) is 0 Å². The molecule has 0 aromatic heterocycles. The fraction of sp³-hybridized carbons (Fsp3) is 0.600. The van der Waals surface area contributed by atoms with Crippen LogP contribution in [-0.4, -0.2) is 87.3 Å². The van der Waals surface area contributed by atoms with Gasteiger partial charge in [0, 0.05) is 12.8 Å². The van der Waals surface area contributed by atoms with Crippen LogP contribution in [0.1, 0.15) is 25.7 Å². The van der Waals surface area contributed by atoms with E-state index in [-0.39, 0.29) is 12.8 Å². The summed E-state index contributed by atoms with van der Waals surface area (Å²) >= 11 is 0. The van der Waals surface area contributed by atoms with Crippen LogP contribution in [-0.2, 0) is 28.8 Å². The van der Waals surface area contributed by atoms with Gasteiger partial charge in [0.05, 0.1) is 6.61 Å². The number of hydrogen-bond acceptors (Lipinski definition) is 8. The second-order valence-corrected chi connectivity index (χ2v) is 5.89. The molecule has 0 saturated carbocycles. The molecule has 3 atom stereocenters. The van der Waals surface area contributed by atoms with Crippen molar-refractivity contribution in [2.24, 2.45) is 5.73 Å². The molecule has 0 radical (unpaired) electrons. The average molecular weight is 420 g/mol. The van der Waals surface area contributed by atoms with E-state index in [0.717, 1.165) is 0 Å². The Bertz CT molecular complexity index is 639. The van der Waals surface area contributed by atoms with Crippen LogP contribution in [0.3, 0.4) is 0 Å². The highest BCUT2D eigenvalue weighted by molar-refractivity contribution is 5.94. The summed E-state index contributed by atoms with van der Waals surface area (Å²) < 4.78 is 0. The molecule has 14 heteroatoms. The van der Waals surface area contributed by atoms with Crippen molar-refractivity contribution >= 4 is 35.6 Å². The van der Waals surface area contributed by atoms with Gasteiger partial charge in [0.15, 0.2) is 0 Å². The Balaban J connectivity index is 5.29. The molecule has 9 N–H and O–H groups in total. The third-order valence-electron chi connectivity index (χ3n) is 3.51. The molecule has 29 heavy (non-hydrogen) atoms. The minimum atomic E-state index is -1.45. The number of aliphatic hydroxyl groups excluding tert-OH is 1. The first-order valence-corrected chi connectivity index (χ1v) is 8.38. The number of nitrogens with one attached hydrogen (secondary N) is 3. The summed E-state index contributed by atoms with van der Waals surface area (Å²) in [6, 6.07) is -4.28. The molecule has 0 aliphatic heterocycles. The molecule has 164 valence electrons. The van der Waals surface area contributed by atoms with Gasteiger partial charge >= 0.3 is 17.9 Å². The fourth-order valence-electron chi connectivity index (χ4n) is 1.99. The number of nitrogens with two attached hydrogens (primary N) is 1. The first-order valence-electron chi connectivity index (χ1n) is 8.38. The van der Waals surface area contributed by atoms with E-state index in [9.17, 15) is 28.8 Å². The molecule has 0 aromatic rings. The number of carbonyl (C=O) groups is 6. The van der Waals surface area contributed by atoms with Gasteiger partial charge in [0.25, 0.3) is 0 Å². The molecular formula is C15H24N4O10. The number of carbonyl (C=O) groups excluding carboxylic acids is 3. The largest absolute Gasteiger partial charge is 0.481 e. The van der Waals surface area contributed by atoms with Crippen LogP contribution in [0.15, 0.2) is 0 Å². The normalized spacial score (nSPS) is 13.4. The maximum atomic E-state index is 12.4. The van der Waals surface area contributed by atoms with E-state index in [1.54, 1.807) is 0 Å². The van der Waals surface area contributed by atoms with Crippen LogP contribution < -0.4 is 21.7 Å². The summed E-state index contributed by atoms with van der Waals surface area (Å²) in [6.07, 6.45) is -1.83. The van der Waals surface area contributed by atoms with E-state index in [4.69, 9.17) is 26.2 Å². The Hall–Kier alpha value is -3.26. The number of amides is 3. The van der Waals surface area contributed by atoms with E-state index in [1.165, 1.54) is 0 Å². The molecule has 0 saturated heterocycles. The van der Waals surface area contributed by atoms with Gasteiger partial charge in [-0.15, -0.1) is 0 Å². The zero-order valence-electron chi connectivity index (χ0n) is 15.3. The van der Waals surface area contributed by atoms with Crippen LogP contribution in [0.5, 0.6) is 0 Å². The van der Waals surface area contributed by atoms with Crippen LogP contribution in [0.2, 0.25) is 0 Å². The quantitative estimate of drug-likeness (QED) is 0.135. The minimum Gasteiger partial charge on any atom is -0.481 e.